The van der Waals surface area contributed by atoms with Crippen molar-refractivity contribution in [1.82, 2.24) is 9.78 Å². The van der Waals surface area contributed by atoms with E-state index in [0.29, 0.717) is 10.6 Å². The smallest absolute Gasteiger partial charge is 0.341 e. The van der Waals surface area contributed by atoms with Crippen molar-refractivity contribution in [2.45, 2.75) is 34.2 Å². The summed E-state index contributed by atoms with van der Waals surface area (Å²) >= 11 is 1.31. The van der Waals surface area contributed by atoms with Crippen molar-refractivity contribution in [1.29, 1.82) is 0 Å². The molecule has 1 atom stereocenters. The van der Waals surface area contributed by atoms with Gasteiger partial charge in [0.25, 0.3) is 0 Å². The minimum Gasteiger partial charge on any atom is -0.462 e. The number of nitrogens with zero attached hydrogens (tertiary/aromatic N) is 3. The molecule has 2 aromatic rings. The molecule has 26 heavy (non-hydrogen) atoms. The van der Waals surface area contributed by atoms with Gasteiger partial charge in [0.2, 0.25) is 5.91 Å². The number of aryl methyl sites for hydroxylation is 1. The van der Waals surface area contributed by atoms with Gasteiger partial charge < -0.3 is 10.1 Å². The number of nitrogens with one attached hydrogen (secondary N) is 1. The Kier molecular flexibility index (Phi) is 6.09. The number of carbonyl (C=O) groups is 2. The third-order valence-electron chi connectivity index (χ3n) is 3.84. The molecule has 0 bridgehead atoms. The maximum Gasteiger partial charge on any atom is 0.341 e. The molecule has 1 N–H and O–H groups in total. The molecular weight excluding hydrogens is 360 g/mol. The predicted octanol–water partition coefficient (Wildman–Crippen LogP) is 2.92. The highest BCUT2D eigenvalue weighted by Gasteiger charge is 2.24. The minimum atomic E-state index is -0.545. The summed E-state index contributed by atoms with van der Waals surface area (Å²) in [6, 6.07) is 0. The van der Waals surface area contributed by atoms with E-state index in [1.165, 1.54) is 22.2 Å². The zero-order chi connectivity index (χ0) is 19.4. The molecule has 0 unspecified atom stereocenters. The van der Waals surface area contributed by atoms with Gasteiger partial charge in [-0.2, -0.15) is 5.10 Å². The predicted molar refractivity (Wildman–Crippen MR) is 96.4 cm³/mol. The molecule has 0 saturated carbocycles. The summed E-state index contributed by atoms with van der Waals surface area (Å²) in [5, 5.41) is 17.8. The first kappa shape index (κ1) is 19.6. The number of hydrogen-bond donors (Lipinski definition) is 1. The lowest BCUT2D eigenvalue weighted by molar-refractivity contribution is -0.385. The molecule has 2 aromatic heterocycles. The molecule has 0 fully saturated rings. The largest absolute Gasteiger partial charge is 0.462 e. The Morgan fingerprint density at radius 2 is 2.15 bits per heavy atom. The van der Waals surface area contributed by atoms with Gasteiger partial charge in [-0.05, 0) is 26.3 Å². The van der Waals surface area contributed by atoms with Crippen LogP contribution in [0.2, 0.25) is 0 Å². The van der Waals surface area contributed by atoms with Gasteiger partial charge in [-0.1, -0.05) is 6.92 Å². The fourth-order valence-electron chi connectivity index (χ4n) is 2.31. The van der Waals surface area contributed by atoms with Crippen molar-refractivity contribution in [3.63, 3.8) is 0 Å². The number of carbonyl (C=O) groups excluding carboxylic acids is 2. The van der Waals surface area contributed by atoms with Crippen LogP contribution in [-0.2, 0) is 16.1 Å². The average molecular weight is 380 g/mol. The van der Waals surface area contributed by atoms with Crippen LogP contribution in [-0.4, -0.2) is 33.2 Å². The number of esters is 1. The Labute approximate surface area is 154 Å². The SMILES string of the molecule is CCOC(=O)c1c(NC(=O)[C@H](C)Cn2cc([N+](=O)[O-])cn2)sc(C)c1C. The molecule has 0 aliphatic heterocycles. The fourth-order valence-corrected chi connectivity index (χ4v) is 3.36. The minimum absolute atomic E-state index is 0.133. The maximum absolute atomic E-state index is 12.5. The van der Waals surface area contributed by atoms with Crippen LogP contribution in [0.25, 0.3) is 0 Å². The maximum atomic E-state index is 12.5. The van der Waals surface area contributed by atoms with Crippen LogP contribution in [0.1, 0.15) is 34.6 Å². The molecular formula is C16H20N4O5S. The topological polar surface area (TPSA) is 116 Å². The van der Waals surface area contributed by atoms with E-state index in [1.54, 1.807) is 20.8 Å². The van der Waals surface area contributed by atoms with Gasteiger partial charge in [0.1, 0.15) is 17.4 Å². The third kappa shape index (κ3) is 4.26. The van der Waals surface area contributed by atoms with Gasteiger partial charge in [0.05, 0.1) is 29.6 Å². The lowest BCUT2D eigenvalue weighted by atomic mass is 10.1. The van der Waals surface area contributed by atoms with Crippen molar-refractivity contribution >= 4 is 33.9 Å². The Morgan fingerprint density at radius 3 is 2.73 bits per heavy atom. The number of ether oxygens (including phenoxy) is 1. The van der Waals surface area contributed by atoms with E-state index in [0.717, 1.165) is 16.6 Å². The van der Waals surface area contributed by atoms with Crippen LogP contribution in [0.4, 0.5) is 10.7 Å². The summed E-state index contributed by atoms with van der Waals surface area (Å²) in [5.74, 6) is -1.29. The Balaban J connectivity index is 2.12. The molecule has 140 valence electrons. The Hall–Kier alpha value is -2.75. The summed E-state index contributed by atoms with van der Waals surface area (Å²) < 4.78 is 6.41. The van der Waals surface area contributed by atoms with Crippen molar-refractivity contribution in [3.05, 3.63) is 38.5 Å². The lowest BCUT2D eigenvalue weighted by Gasteiger charge is -2.12. The van der Waals surface area contributed by atoms with Crippen LogP contribution < -0.4 is 5.32 Å². The van der Waals surface area contributed by atoms with Gasteiger partial charge in [-0.15, -0.1) is 11.3 Å². The van der Waals surface area contributed by atoms with Crippen LogP contribution >= 0.6 is 11.3 Å². The number of hydrogen-bond acceptors (Lipinski definition) is 7. The number of nitro groups is 1. The van der Waals surface area contributed by atoms with E-state index in [-0.39, 0.29) is 24.7 Å². The van der Waals surface area contributed by atoms with Gasteiger partial charge in [0, 0.05) is 4.88 Å². The third-order valence-corrected chi connectivity index (χ3v) is 4.96. The molecule has 0 radical (unpaired) electrons. The molecule has 0 saturated heterocycles. The van der Waals surface area contributed by atoms with Crippen molar-refractivity contribution in [3.8, 4) is 0 Å². The van der Waals surface area contributed by atoms with Crippen molar-refractivity contribution in [2.75, 3.05) is 11.9 Å². The van der Waals surface area contributed by atoms with Crippen LogP contribution in [0.3, 0.4) is 0 Å². The first-order valence-electron chi connectivity index (χ1n) is 7.99. The highest BCUT2D eigenvalue weighted by atomic mass is 32.1. The van der Waals surface area contributed by atoms with E-state index in [9.17, 15) is 19.7 Å². The normalized spacial score (nSPS) is 11.8. The number of anilines is 1. The summed E-state index contributed by atoms with van der Waals surface area (Å²) in [7, 11) is 0. The first-order valence-corrected chi connectivity index (χ1v) is 8.81. The zero-order valence-corrected chi connectivity index (χ0v) is 15.8. The van der Waals surface area contributed by atoms with Crippen LogP contribution in [0.15, 0.2) is 12.4 Å². The second-order valence-corrected chi connectivity index (χ2v) is 7.00. The molecule has 10 heteroatoms. The van der Waals surface area contributed by atoms with Crippen LogP contribution in [0, 0.1) is 29.9 Å². The number of amides is 1. The van der Waals surface area contributed by atoms with Crippen molar-refractivity contribution < 1.29 is 19.2 Å². The molecule has 2 heterocycles. The van der Waals surface area contributed by atoms with E-state index in [2.05, 4.69) is 10.4 Å². The quantitative estimate of drug-likeness (QED) is 0.448. The highest BCUT2D eigenvalue weighted by Crippen LogP contribution is 2.33. The van der Waals surface area contributed by atoms with Gasteiger partial charge in [0.15, 0.2) is 0 Å². The molecule has 1 amide bonds. The van der Waals surface area contributed by atoms with Gasteiger partial charge in [-0.25, -0.2) is 4.79 Å². The highest BCUT2D eigenvalue weighted by molar-refractivity contribution is 7.16. The monoisotopic (exact) mass is 380 g/mol. The molecule has 0 aromatic carbocycles. The molecule has 2 rings (SSSR count). The molecule has 0 spiro atoms. The van der Waals surface area contributed by atoms with E-state index < -0.39 is 16.8 Å². The summed E-state index contributed by atoms with van der Waals surface area (Å²) in [6.45, 7) is 7.49. The Morgan fingerprint density at radius 1 is 1.46 bits per heavy atom. The summed E-state index contributed by atoms with van der Waals surface area (Å²) in [5.41, 5.74) is 1.01. The lowest BCUT2D eigenvalue weighted by Crippen LogP contribution is -2.25. The van der Waals surface area contributed by atoms with Gasteiger partial charge in [-0.3, -0.25) is 19.6 Å². The summed E-state index contributed by atoms with van der Waals surface area (Å²) in [6.07, 6.45) is 2.41. The van der Waals surface area contributed by atoms with E-state index in [1.807, 2.05) is 6.92 Å². The second-order valence-electron chi connectivity index (χ2n) is 5.78. The summed E-state index contributed by atoms with van der Waals surface area (Å²) in [4.78, 5) is 35.7. The zero-order valence-electron chi connectivity index (χ0n) is 14.9. The van der Waals surface area contributed by atoms with Crippen LogP contribution in [0.5, 0.6) is 0 Å². The number of thiophene rings is 1. The van der Waals surface area contributed by atoms with E-state index >= 15 is 0 Å². The number of aromatic nitrogens is 2. The standard InChI is InChI=1S/C16H20N4O5S/c1-5-25-16(22)13-10(3)11(4)26-15(13)18-14(21)9(2)7-19-8-12(6-17-19)20(23)24/h6,8-9H,5,7H2,1-4H3,(H,18,21)/t9-/m1/s1. The Bertz CT molecular complexity index is 842. The van der Waals surface area contributed by atoms with E-state index in [4.69, 9.17) is 4.74 Å². The molecule has 9 nitrogen and oxygen atoms in total. The molecule has 0 aliphatic rings. The molecule has 0 aliphatic carbocycles. The fraction of sp³-hybridized carbons (Fsp3) is 0.438. The second kappa shape index (κ2) is 8.09. The first-order chi connectivity index (χ1) is 12.2. The van der Waals surface area contributed by atoms with Gasteiger partial charge >= 0.3 is 11.7 Å². The van der Waals surface area contributed by atoms with Crippen molar-refractivity contribution in [2.24, 2.45) is 5.92 Å². The average Bonchev–Trinajstić information content (AvgIpc) is 3.13. The number of rotatable bonds is 7.